The maximum absolute atomic E-state index is 12.8. The lowest BCUT2D eigenvalue weighted by Gasteiger charge is -2.39. The molecule has 1 aliphatic heterocycles. The predicted molar refractivity (Wildman–Crippen MR) is 99.0 cm³/mol. The van der Waals surface area contributed by atoms with Gasteiger partial charge in [-0.2, -0.15) is 0 Å². The normalized spacial score (nSPS) is 17.3. The number of rotatable bonds is 3. The van der Waals surface area contributed by atoms with E-state index in [9.17, 15) is 14.7 Å². The van der Waals surface area contributed by atoms with Crippen molar-refractivity contribution in [3.05, 3.63) is 53.1 Å². The third kappa shape index (κ3) is 3.32. The summed E-state index contributed by atoms with van der Waals surface area (Å²) in [5, 5.41) is 10.6. The minimum absolute atomic E-state index is 0.0866. The molecule has 0 saturated carbocycles. The largest absolute Gasteiger partial charge is 0.507 e. The summed E-state index contributed by atoms with van der Waals surface area (Å²) in [7, 11) is 1.48. The van der Waals surface area contributed by atoms with E-state index in [1.807, 2.05) is 13.0 Å². The molecule has 0 radical (unpaired) electrons. The molecular weight excluding hydrogens is 356 g/mol. The Morgan fingerprint density at radius 2 is 2.00 bits per heavy atom. The molecule has 1 unspecified atom stereocenters. The second kappa shape index (κ2) is 7.25. The Kier molecular flexibility index (Phi) is 5.04. The summed E-state index contributed by atoms with van der Waals surface area (Å²) >= 11 is 6.20. The van der Waals surface area contributed by atoms with E-state index in [1.54, 1.807) is 29.2 Å². The lowest BCUT2D eigenvalue weighted by molar-refractivity contribution is -0.121. The molecule has 2 aromatic rings. The van der Waals surface area contributed by atoms with Crippen LogP contribution in [0.1, 0.15) is 17.3 Å². The van der Waals surface area contributed by atoms with E-state index in [0.717, 1.165) is 0 Å². The molecule has 1 heterocycles. The fourth-order valence-corrected chi connectivity index (χ4v) is 3.24. The Morgan fingerprint density at radius 1 is 1.27 bits per heavy atom. The predicted octanol–water partition coefficient (Wildman–Crippen LogP) is 2.93. The van der Waals surface area contributed by atoms with Crippen LogP contribution >= 0.6 is 11.6 Å². The first kappa shape index (κ1) is 18.1. The molecule has 3 rings (SSSR count). The van der Waals surface area contributed by atoms with Crippen LogP contribution in [0.25, 0.3) is 0 Å². The number of anilines is 1. The average Bonchev–Trinajstić information content (AvgIpc) is 2.63. The molecule has 0 aromatic heterocycles. The summed E-state index contributed by atoms with van der Waals surface area (Å²) in [4.78, 5) is 28.5. The number of carbonyl (C=O) groups excluding carboxylic acids is 2. The van der Waals surface area contributed by atoms with Crippen LogP contribution in [0.15, 0.2) is 42.5 Å². The lowest BCUT2D eigenvalue weighted by atomic mass is 10.1. The third-order valence-corrected chi connectivity index (χ3v) is 4.74. The highest BCUT2D eigenvalue weighted by Crippen LogP contribution is 2.30. The van der Waals surface area contributed by atoms with Crippen LogP contribution in [0, 0.1) is 0 Å². The molecule has 0 spiro atoms. The Morgan fingerprint density at radius 3 is 2.65 bits per heavy atom. The van der Waals surface area contributed by atoms with Crippen LogP contribution in [-0.2, 0) is 4.79 Å². The first-order valence-electron chi connectivity index (χ1n) is 8.15. The Hall–Kier alpha value is -2.73. The van der Waals surface area contributed by atoms with Crippen molar-refractivity contribution >= 4 is 29.1 Å². The van der Waals surface area contributed by atoms with E-state index < -0.39 is 5.91 Å². The fraction of sp³-hybridized carbons (Fsp3) is 0.263. The van der Waals surface area contributed by atoms with Crippen LogP contribution in [0.4, 0.5) is 5.69 Å². The number of nitrogens with zero attached hydrogens (tertiary/aromatic N) is 2. The first-order valence-corrected chi connectivity index (χ1v) is 8.53. The van der Waals surface area contributed by atoms with Crippen LogP contribution in [0.2, 0.25) is 5.02 Å². The Bertz CT molecular complexity index is 855. The number of carbonyl (C=O) groups is 2. The molecule has 1 N–H and O–H groups in total. The number of halogens is 1. The SMILES string of the molecule is COc1ccc(C(=O)N2CC(=O)N(c3ccccc3Cl)CC2C)c(O)c1. The summed E-state index contributed by atoms with van der Waals surface area (Å²) in [5.41, 5.74) is 0.766. The number of para-hydroxylation sites is 1. The van der Waals surface area contributed by atoms with Gasteiger partial charge in [0, 0.05) is 18.7 Å². The maximum atomic E-state index is 12.8. The molecule has 1 atom stereocenters. The molecule has 26 heavy (non-hydrogen) atoms. The van der Waals surface area contributed by atoms with E-state index in [2.05, 4.69) is 0 Å². The molecule has 6 nitrogen and oxygen atoms in total. The summed E-state index contributed by atoms with van der Waals surface area (Å²) in [6, 6.07) is 11.3. The van der Waals surface area contributed by atoms with Crippen molar-refractivity contribution in [2.75, 3.05) is 25.1 Å². The molecule has 136 valence electrons. The highest BCUT2D eigenvalue weighted by Gasteiger charge is 2.35. The molecule has 7 heteroatoms. The zero-order chi connectivity index (χ0) is 18.8. The summed E-state index contributed by atoms with van der Waals surface area (Å²) < 4.78 is 5.03. The van der Waals surface area contributed by atoms with Crippen LogP contribution in [0.5, 0.6) is 11.5 Å². The van der Waals surface area contributed by atoms with Crippen LogP contribution in [0.3, 0.4) is 0 Å². The van der Waals surface area contributed by atoms with Crippen molar-refractivity contribution in [2.45, 2.75) is 13.0 Å². The molecule has 1 aliphatic rings. The van der Waals surface area contributed by atoms with Gasteiger partial charge >= 0.3 is 0 Å². The molecule has 1 fully saturated rings. The number of piperazine rings is 1. The van der Waals surface area contributed by atoms with Gasteiger partial charge in [-0.15, -0.1) is 0 Å². The first-order chi connectivity index (χ1) is 12.4. The minimum Gasteiger partial charge on any atom is -0.507 e. The highest BCUT2D eigenvalue weighted by atomic mass is 35.5. The fourth-order valence-electron chi connectivity index (χ4n) is 3.00. The highest BCUT2D eigenvalue weighted by molar-refractivity contribution is 6.33. The van der Waals surface area contributed by atoms with Crippen LogP contribution in [-0.4, -0.2) is 48.1 Å². The Labute approximate surface area is 156 Å². The van der Waals surface area contributed by atoms with Gasteiger partial charge in [0.25, 0.3) is 5.91 Å². The molecule has 0 bridgehead atoms. The van der Waals surface area contributed by atoms with Gasteiger partial charge in [0.05, 0.1) is 23.4 Å². The second-order valence-electron chi connectivity index (χ2n) is 6.12. The number of aromatic hydroxyl groups is 1. The number of benzene rings is 2. The standard InChI is InChI=1S/C19H19ClN2O4/c1-12-10-22(16-6-4-3-5-15(16)20)18(24)11-21(12)19(25)14-8-7-13(26-2)9-17(14)23/h3-9,12,23H,10-11H2,1-2H3. The molecule has 2 amide bonds. The minimum atomic E-state index is -0.398. The summed E-state index contributed by atoms with van der Waals surface area (Å²) in [6.07, 6.45) is 0. The van der Waals surface area contributed by atoms with Gasteiger partial charge in [-0.05, 0) is 31.2 Å². The number of amides is 2. The lowest BCUT2D eigenvalue weighted by Crippen LogP contribution is -2.57. The van der Waals surface area contributed by atoms with Gasteiger partial charge in [0.2, 0.25) is 5.91 Å². The van der Waals surface area contributed by atoms with E-state index in [4.69, 9.17) is 16.3 Å². The van der Waals surface area contributed by atoms with Gasteiger partial charge in [0.15, 0.2) is 0 Å². The number of phenols is 1. The van der Waals surface area contributed by atoms with Crippen molar-refractivity contribution in [1.82, 2.24) is 4.90 Å². The average molecular weight is 375 g/mol. The monoisotopic (exact) mass is 374 g/mol. The number of hydrogen-bond acceptors (Lipinski definition) is 4. The van der Waals surface area contributed by atoms with E-state index in [0.29, 0.717) is 23.0 Å². The van der Waals surface area contributed by atoms with E-state index in [1.165, 1.54) is 24.1 Å². The van der Waals surface area contributed by atoms with E-state index in [-0.39, 0.29) is 29.8 Å². The zero-order valence-corrected chi connectivity index (χ0v) is 15.2. The molecule has 1 saturated heterocycles. The Balaban J connectivity index is 1.82. The number of ether oxygens (including phenoxy) is 1. The van der Waals surface area contributed by atoms with Gasteiger partial charge in [-0.1, -0.05) is 23.7 Å². The summed E-state index contributed by atoms with van der Waals surface area (Å²) in [6.45, 7) is 2.09. The van der Waals surface area contributed by atoms with Crippen LogP contribution < -0.4 is 9.64 Å². The van der Waals surface area contributed by atoms with E-state index >= 15 is 0 Å². The third-order valence-electron chi connectivity index (χ3n) is 4.42. The maximum Gasteiger partial charge on any atom is 0.258 e. The van der Waals surface area contributed by atoms with Gasteiger partial charge in [0.1, 0.15) is 18.0 Å². The topological polar surface area (TPSA) is 70.1 Å². The van der Waals surface area contributed by atoms with Crippen molar-refractivity contribution in [3.63, 3.8) is 0 Å². The number of phenolic OH excluding ortho intramolecular Hbond substituents is 1. The quantitative estimate of drug-likeness (QED) is 0.896. The van der Waals surface area contributed by atoms with Gasteiger partial charge < -0.3 is 19.6 Å². The van der Waals surface area contributed by atoms with Crippen molar-refractivity contribution in [2.24, 2.45) is 0 Å². The van der Waals surface area contributed by atoms with Crippen molar-refractivity contribution in [1.29, 1.82) is 0 Å². The molecule has 0 aliphatic carbocycles. The smallest absolute Gasteiger partial charge is 0.258 e. The van der Waals surface area contributed by atoms with Gasteiger partial charge in [-0.25, -0.2) is 0 Å². The van der Waals surface area contributed by atoms with Crippen molar-refractivity contribution in [3.8, 4) is 11.5 Å². The number of hydrogen-bond donors (Lipinski definition) is 1. The molecular formula is C19H19ClN2O4. The van der Waals surface area contributed by atoms with Crippen molar-refractivity contribution < 1.29 is 19.4 Å². The molecule has 2 aromatic carbocycles. The summed E-state index contributed by atoms with van der Waals surface area (Å²) in [5.74, 6) is -0.350. The number of methoxy groups -OCH3 is 1. The second-order valence-corrected chi connectivity index (χ2v) is 6.53. The van der Waals surface area contributed by atoms with Gasteiger partial charge in [-0.3, -0.25) is 9.59 Å². The zero-order valence-electron chi connectivity index (χ0n) is 14.5.